The molecule has 0 spiro atoms. The highest BCUT2D eigenvalue weighted by atomic mass is 127. The van der Waals surface area contributed by atoms with Gasteiger partial charge in [-0.2, -0.15) is 15.0 Å². The third-order valence-corrected chi connectivity index (χ3v) is 7.02. The first-order chi connectivity index (χ1) is 16.9. The number of ether oxygens (including phenoxy) is 1. The first-order valence-electron chi connectivity index (χ1n) is 11.1. The number of halogens is 2. The van der Waals surface area contributed by atoms with Crippen molar-refractivity contribution in [3.63, 3.8) is 0 Å². The Morgan fingerprint density at radius 1 is 1.23 bits per heavy atom. The fourth-order valence-electron chi connectivity index (χ4n) is 3.53. The van der Waals surface area contributed by atoms with Crippen molar-refractivity contribution < 1.29 is 4.74 Å². The molecule has 6 nitrogen and oxygen atoms in total. The van der Waals surface area contributed by atoms with E-state index in [9.17, 15) is 10.1 Å². The largest absolute Gasteiger partial charge is 0.488 e. The van der Waals surface area contributed by atoms with Crippen molar-refractivity contribution in [1.29, 1.82) is 5.26 Å². The van der Waals surface area contributed by atoms with E-state index in [1.54, 1.807) is 18.3 Å². The van der Waals surface area contributed by atoms with Crippen molar-refractivity contribution in [3.8, 4) is 11.8 Å². The Balaban J connectivity index is 1.63. The van der Waals surface area contributed by atoms with E-state index < -0.39 is 0 Å². The van der Waals surface area contributed by atoms with Gasteiger partial charge in [0.05, 0.1) is 32.3 Å². The second kappa shape index (κ2) is 11.1. The fraction of sp³-hybridized carbons (Fsp3) is 0.185. The van der Waals surface area contributed by atoms with Gasteiger partial charge in [0.25, 0.3) is 5.56 Å². The van der Waals surface area contributed by atoms with Gasteiger partial charge in [0, 0.05) is 16.0 Å². The molecule has 0 unspecified atom stereocenters. The van der Waals surface area contributed by atoms with Gasteiger partial charge in [-0.3, -0.25) is 4.79 Å². The normalized spacial score (nSPS) is 12.1. The molecular formula is C27H22BrIN4O2. The topological polar surface area (TPSA) is 80.3 Å². The quantitative estimate of drug-likeness (QED) is 0.168. The minimum Gasteiger partial charge on any atom is -0.488 e. The average Bonchev–Trinajstić information content (AvgIpc) is 2.87. The molecule has 35 heavy (non-hydrogen) atoms. The summed E-state index contributed by atoms with van der Waals surface area (Å²) in [5, 5.41) is 14.3. The monoisotopic (exact) mass is 640 g/mol. The van der Waals surface area contributed by atoms with E-state index in [2.05, 4.69) is 56.6 Å². The van der Waals surface area contributed by atoms with E-state index >= 15 is 0 Å². The van der Waals surface area contributed by atoms with Crippen LogP contribution in [-0.4, -0.2) is 15.9 Å². The molecule has 0 fully saturated rings. The van der Waals surface area contributed by atoms with Gasteiger partial charge in [0.15, 0.2) is 0 Å². The molecule has 4 aromatic rings. The number of fused-ring (bicyclic) bond motifs is 1. The zero-order valence-electron chi connectivity index (χ0n) is 19.2. The highest BCUT2D eigenvalue weighted by Crippen LogP contribution is 2.24. The molecule has 0 saturated heterocycles. The Morgan fingerprint density at radius 2 is 2.03 bits per heavy atom. The summed E-state index contributed by atoms with van der Waals surface area (Å²) in [6.07, 6.45) is 2.50. The second-order valence-corrected chi connectivity index (χ2v) is 10.1. The second-order valence-electron chi connectivity index (χ2n) is 8.05. The van der Waals surface area contributed by atoms with Gasteiger partial charge in [-0.1, -0.05) is 48.0 Å². The highest BCUT2D eigenvalue weighted by Gasteiger charge is 2.15. The van der Waals surface area contributed by atoms with Crippen LogP contribution < -0.4 is 10.3 Å². The first-order valence-corrected chi connectivity index (χ1v) is 12.9. The molecule has 0 bridgehead atoms. The van der Waals surface area contributed by atoms with Crippen LogP contribution in [0.5, 0.6) is 5.75 Å². The van der Waals surface area contributed by atoms with E-state index in [0.29, 0.717) is 34.6 Å². The van der Waals surface area contributed by atoms with Crippen LogP contribution in [0.1, 0.15) is 48.7 Å². The summed E-state index contributed by atoms with van der Waals surface area (Å²) in [4.78, 5) is 18.0. The van der Waals surface area contributed by atoms with Crippen LogP contribution in [0.4, 0.5) is 0 Å². The van der Waals surface area contributed by atoms with Gasteiger partial charge in [0.1, 0.15) is 18.2 Å². The number of hydrogen-bond acceptors (Lipinski definition) is 5. The maximum absolute atomic E-state index is 13.3. The van der Waals surface area contributed by atoms with Crippen molar-refractivity contribution in [2.75, 3.05) is 0 Å². The minimum absolute atomic E-state index is 0.0695. The van der Waals surface area contributed by atoms with Crippen molar-refractivity contribution in [3.05, 3.63) is 102 Å². The Hall–Kier alpha value is -3.03. The van der Waals surface area contributed by atoms with E-state index in [4.69, 9.17) is 9.72 Å². The molecule has 4 rings (SSSR count). The molecule has 3 aromatic carbocycles. The molecule has 1 atom stereocenters. The smallest absolute Gasteiger partial charge is 0.282 e. The molecule has 176 valence electrons. The van der Waals surface area contributed by atoms with Gasteiger partial charge in [-0.25, -0.2) is 4.98 Å². The van der Waals surface area contributed by atoms with Crippen LogP contribution in [0, 0.1) is 14.9 Å². The lowest BCUT2D eigenvalue weighted by Gasteiger charge is -2.14. The first kappa shape index (κ1) is 25.1. The predicted molar refractivity (Wildman–Crippen MR) is 150 cm³/mol. The SMILES string of the molecule is CC[C@H](C)c1nc2ccc(Br)cc2c(=O)n1N=Cc1ccc(OCc2ccccc2C#N)c(I)c1. The molecule has 8 heteroatoms. The number of nitriles is 1. The van der Waals surface area contributed by atoms with Crippen LogP contribution in [-0.2, 0) is 6.61 Å². The van der Waals surface area contributed by atoms with Crippen LogP contribution in [0.15, 0.2) is 75.0 Å². The zero-order chi connectivity index (χ0) is 24.9. The van der Waals surface area contributed by atoms with E-state index in [-0.39, 0.29) is 11.5 Å². The summed E-state index contributed by atoms with van der Waals surface area (Å²) in [6, 6.07) is 20.8. The number of rotatable bonds is 7. The Kier molecular flexibility index (Phi) is 7.98. The molecule has 0 amide bonds. The molecule has 1 heterocycles. The van der Waals surface area contributed by atoms with Crippen molar-refractivity contribution >= 4 is 55.6 Å². The summed E-state index contributed by atoms with van der Waals surface area (Å²) in [7, 11) is 0. The van der Waals surface area contributed by atoms with Crippen LogP contribution in [0.2, 0.25) is 0 Å². The molecule has 0 radical (unpaired) electrons. The fourth-order valence-corrected chi connectivity index (χ4v) is 4.58. The number of aromatic nitrogens is 2. The Labute approximate surface area is 225 Å². The number of nitrogens with zero attached hydrogens (tertiary/aromatic N) is 4. The standard InChI is InChI=1S/C27H22BrIN4O2/c1-3-17(2)26-32-24-10-9-21(28)13-22(24)27(34)33(26)31-15-18-8-11-25(23(29)12-18)35-16-20-7-5-4-6-19(20)14-30/h4-13,15,17H,3,16H2,1-2H3/t17-/m0/s1. The summed E-state index contributed by atoms with van der Waals surface area (Å²) in [6.45, 7) is 4.41. The molecular weight excluding hydrogens is 619 g/mol. The maximum Gasteiger partial charge on any atom is 0.282 e. The Morgan fingerprint density at radius 3 is 2.77 bits per heavy atom. The third-order valence-electron chi connectivity index (χ3n) is 5.69. The summed E-state index contributed by atoms with van der Waals surface area (Å²) < 4.78 is 9.07. The maximum atomic E-state index is 13.3. The zero-order valence-corrected chi connectivity index (χ0v) is 22.9. The predicted octanol–water partition coefficient (Wildman–Crippen LogP) is 6.61. The van der Waals surface area contributed by atoms with Crippen molar-refractivity contribution in [1.82, 2.24) is 9.66 Å². The molecule has 0 saturated carbocycles. The average molecular weight is 641 g/mol. The lowest BCUT2D eigenvalue weighted by Crippen LogP contribution is -2.23. The van der Waals surface area contributed by atoms with Crippen molar-refractivity contribution in [2.45, 2.75) is 32.8 Å². The van der Waals surface area contributed by atoms with Crippen LogP contribution in [0.3, 0.4) is 0 Å². The summed E-state index contributed by atoms with van der Waals surface area (Å²) in [5.41, 5.74) is 2.73. The molecule has 0 aliphatic carbocycles. The van der Waals surface area contributed by atoms with Gasteiger partial charge < -0.3 is 4.74 Å². The van der Waals surface area contributed by atoms with Crippen molar-refractivity contribution in [2.24, 2.45) is 5.10 Å². The van der Waals surface area contributed by atoms with Crippen LogP contribution >= 0.6 is 38.5 Å². The van der Waals surface area contributed by atoms with Gasteiger partial charge >= 0.3 is 0 Å². The lowest BCUT2D eigenvalue weighted by atomic mass is 10.1. The minimum atomic E-state index is -0.200. The summed E-state index contributed by atoms with van der Waals surface area (Å²) in [5.74, 6) is 1.42. The molecule has 0 aliphatic heterocycles. The van der Waals surface area contributed by atoms with E-state index in [1.807, 2.05) is 55.5 Å². The van der Waals surface area contributed by atoms with Gasteiger partial charge in [-0.05, 0) is 77.0 Å². The molecule has 1 aromatic heterocycles. The van der Waals surface area contributed by atoms with Gasteiger partial charge in [0.2, 0.25) is 0 Å². The summed E-state index contributed by atoms with van der Waals surface area (Å²) >= 11 is 5.64. The van der Waals surface area contributed by atoms with E-state index in [1.165, 1.54) is 4.68 Å². The van der Waals surface area contributed by atoms with Gasteiger partial charge in [-0.15, -0.1) is 0 Å². The number of benzene rings is 3. The van der Waals surface area contributed by atoms with E-state index in [0.717, 1.165) is 25.6 Å². The number of hydrogen-bond donors (Lipinski definition) is 0. The Bertz CT molecular complexity index is 1520. The molecule has 0 aliphatic rings. The third kappa shape index (κ3) is 5.63. The van der Waals surface area contributed by atoms with Crippen LogP contribution in [0.25, 0.3) is 10.9 Å². The highest BCUT2D eigenvalue weighted by molar-refractivity contribution is 14.1. The molecule has 0 N–H and O–H groups in total. The lowest BCUT2D eigenvalue weighted by molar-refractivity contribution is 0.303.